The van der Waals surface area contributed by atoms with Crippen LogP contribution in [0.4, 0.5) is 0 Å². The molecule has 34 heavy (non-hydrogen) atoms. The predicted molar refractivity (Wildman–Crippen MR) is 154 cm³/mol. The molecule has 0 saturated heterocycles. The Labute approximate surface area is 212 Å². The molecular weight excluding hydrogens is 449 g/mol. The van der Waals surface area contributed by atoms with Gasteiger partial charge in [0.15, 0.2) is 5.78 Å². The Hall–Kier alpha value is -1.24. The minimum absolute atomic E-state index is 0.0125. The van der Waals surface area contributed by atoms with Crippen LogP contribution in [-0.2, 0) is 4.74 Å². The summed E-state index contributed by atoms with van der Waals surface area (Å²) in [6.45, 7) is 19.8. The van der Waals surface area contributed by atoms with Crippen molar-refractivity contribution >= 4 is 21.9 Å². The van der Waals surface area contributed by atoms with Gasteiger partial charge in [-0.3, -0.25) is 4.79 Å². The Morgan fingerprint density at radius 3 is 1.97 bits per heavy atom. The van der Waals surface area contributed by atoms with Crippen molar-refractivity contribution in [3.8, 4) is 0 Å². The Bertz CT molecular complexity index is 757. The van der Waals surface area contributed by atoms with Crippen LogP contribution in [0.2, 0.25) is 41.4 Å². The third-order valence-electron chi connectivity index (χ3n) is 9.45. The third-order valence-corrected chi connectivity index (χ3v) is 24.8. The maximum absolute atomic E-state index is 13.6. The van der Waals surface area contributed by atoms with Crippen molar-refractivity contribution in [1.82, 2.24) is 0 Å². The minimum atomic E-state index is -1.46. The first kappa shape index (κ1) is 29.0. The standard InChI is InChI=1S/C30H50O2Si2/c1-8-22-32-24-27-23-26(20-21-28(27)29(31)25-18-16-15-17-19-25)30(33(9-2,10-3)11-4)34(12-5,13-6)14-7/h8,15-19,23,27-28,30H,1,9-14,20-22,24H2,2-7H3/t27-,28+/m1/s1. The number of hydrogen-bond donors (Lipinski definition) is 0. The van der Waals surface area contributed by atoms with Gasteiger partial charge >= 0.3 is 0 Å². The van der Waals surface area contributed by atoms with Gasteiger partial charge in [-0.05, 0) is 18.0 Å². The summed E-state index contributed by atoms with van der Waals surface area (Å²) in [7, 11) is -2.92. The van der Waals surface area contributed by atoms with E-state index in [1.165, 1.54) is 36.3 Å². The predicted octanol–water partition coefficient (Wildman–Crippen LogP) is 8.95. The first-order valence-corrected chi connectivity index (χ1v) is 19.3. The molecule has 0 heterocycles. The molecule has 0 radical (unpaired) electrons. The summed E-state index contributed by atoms with van der Waals surface area (Å²) in [4.78, 5) is 13.6. The largest absolute Gasteiger partial charge is 0.377 e. The maximum atomic E-state index is 13.6. The highest BCUT2D eigenvalue weighted by atomic mass is 28.4. The van der Waals surface area contributed by atoms with Gasteiger partial charge in [0.25, 0.3) is 0 Å². The second kappa shape index (κ2) is 13.7. The molecule has 2 atom stereocenters. The molecule has 0 unspecified atom stereocenters. The highest BCUT2D eigenvalue weighted by molar-refractivity contribution is 7.00. The molecule has 1 aromatic carbocycles. The summed E-state index contributed by atoms with van der Waals surface area (Å²) in [6.07, 6.45) is 6.43. The van der Waals surface area contributed by atoms with E-state index >= 15 is 0 Å². The second-order valence-electron chi connectivity index (χ2n) is 10.4. The summed E-state index contributed by atoms with van der Waals surface area (Å²) >= 11 is 0. The number of carbonyl (C=O) groups is 1. The van der Waals surface area contributed by atoms with Crippen molar-refractivity contribution < 1.29 is 9.53 Å². The molecule has 0 N–H and O–H groups in total. The molecule has 0 fully saturated rings. The van der Waals surface area contributed by atoms with Crippen LogP contribution in [-0.4, -0.2) is 35.1 Å². The first-order chi connectivity index (χ1) is 16.4. The molecule has 1 aliphatic rings. The summed E-state index contributed by atoms with van der Waals surface area (Å²) in [6, 6.07) is 18.1. The number of hydrogen-bond acceptors (Lipinski definition) is 2. The number of rotatable bonds is 15. The van der Waals surface area contributed by atoms with Crippen LogP contribution in [0.5, 0.6) is 0 Å². The average molecular weight is 499 g/mol. The molecule has 0 bridgehead atoms. The Morgan fingerprint density at radius 2 is 1.50 bits per heavy atom. The Balaban J connectivity index is 2.57. The van der Waals surface area contributed by atoms with Crippen LogP contribution in [0.15, 0.2) is 54.6 Å². The van der Waals surface area contributed by atoms with Gasteiger partial charge in [-0.25, -0.2) is 0 Å². The van der Waals surface area contributed by atoms with Crippen LogP contribution < -0.4 is 0 Å². The van der Waals surface area contributed by atoms with Crippen LogP contribution >= 0.6 is 0 Å². The van der Waals surface area contributed by atoms with Crippen molar-refractivity contribution in [2.75, 3.05) is 13.2 Å². The Morgan fingerprint density at radius 1 is 0.971 bits per heavy atom. The lowest BCUT2D eigenvalue weighted by atomic mass is 9.77. The molecule has 0 spiro atoms. The fraction of sp³-hybridized carbons (Fsp3) is 0.633. The quantitative estimate of drug-likeness (QED) is 0.104. The monoisotopic (exact) mass is 498 g/mol. The molecule has 2 nitrogen and oxygen atoms in total. The van der Waals surface area contributed by atoms with Gasteiger partial charge in [-0.15, -0.1) is 6.58 Å². The summed E-state index contributed by atoms with van der Waals surface area (Å²) < 4.78 is 6.00. The van der Waals surface area contributed by atoms with Crippen LogP contribution in [0.25, 0.3) is 0 Å². The molecule has 0 aliphatic heterocycles. The highest BCUT2D eigenvalue weighted by Gasteiger charge is 2.50. The van der Waals surface area contributed by atoms with Crippen LogP contribution in [0, 0.1) is 11.8 Å². The first-order valence-electron chi connectivity index (χ1n) is 13.9. The lowest BCUT2D eigenvalue weighted by Crippen LogP contribution is -2.54. The zero-order chi connectivity index (χ0) is 25.2. The zero-order valence-corrected chi connectivity index (χ0v) is 24.9. The number of allylic oxidation sites excluding steroid dienone is 1. The van der Waals surface area contributed by atoms with E-state index < -0.39 is 16.1 Å². The maximum Gasteiger partial charge on any atom is 0.166 e. The molecule has 2 rings (SSSR count). The van der Waals surface area contributed by atoms with Crippen molar-refractivity contribution in [3.63, 3.8) is 0 Å². The van der Waals surface area contributed by atoms with E-state index in [0.717, 1.165) is 23.6 Å². The fourth-order valence-corrected chi connectivity index (χ4v) is 23.4. The van der Waals surface area contributed by atoms with Crippen molar-refractivity contribution in [1.29, 1.82) is 0 Å². The van der Waals surface area contributed by atoms with Crippen molar-refractivity contribution in [2.24, 2.45) is 11.8 Å². The van der Waals surface area contributed by atoms with Gasteiger partial charge < -0.3 is 4.74 Å². The van der Waals surface area contributed by atoms with E-state index in [4.69, 9.17) is 4.74 Å². The van der Waals surface area contributed by atoms with Crippen molar-refractivity contribution in [3.05, 3.63) is 60.2 Å². The highest BCUT2D eigenvalue weighted by Crippen LogP contribution is 2.52. The number of ether oxygens (including phenoxy) is 1. The number of carbonyl (C=O) groups excluding carboxylic acids is 1. The van der Waals surface area contributed by atoms with Crippen LogP contribution in [0.3, 0.4) is 0 Å². The lowest BCUT2D eigenvalue weighted by Gasteiger charge is -2.51. The topological polar surface area (TPSA) is 26.3 Å². The lowest BCUT2D eigenvalue weighted by molar-refractivity contribution is 0.0750. The summed E-state index contributed by atoms with van der Waals surface area (Å²) in [5.41, 5.74) is 2.56. The summed E-state index contributed by atoms with van der Waals surface area (Å²) in [5.74, 6) is 0.460. The second-order valence-corrected chi connectivity index (χ2v) is 21.8. The van der Waals surface area contributed by atoms with Crippen molar-refractivity contribution in [2.45, 2.75) is 95.8 Å². The molecule has 4 heteroatoms. The van der Waals surface area contributed by atoms with E-state index in [-0.39, 0.29) is 17.6 Å². The molecule has 0 aromatic heterocycles. The number of Topliss-reactive ketones (excluding diaryl/α,β-unsaturated/α-hetero) is 1. The molecule has 0 amide bonds. The van der Waals surface area contributed by atoms with E-state index in [9.17, 15) is 4.79 Å². The Kier molecular flexibility index (Phi) is 11.7. The molecule has 190 valence electrons. The van der Waals surface area contributed by atoms with E-state index in [1.807, 2.05) is 36.4 Å². The SMILES string of the molecule is C=CCOC[C@H]1C=C(C([Si](CC)(CC)CC)[Si](CC)(CC)CC)CC[C@@H]1C(=O)c1ccccc1. The van der Waals surface area contributed by atoms with Gasteiger partial charge in [0, 0.05) is 17.4 Å². The van der Waals surface area contributed by atoms with E-state index in [1.54, 1.807) is 5.57 Å². The van der Waals surface area contributed by atoms with E-state index in [0.29, 0.717) is 13.2 Å². The molecule has 0 saturated carbocycles. The normalized spacial score (nSPS) is 19.2. The average Bonchev–Trinajstić information content (AvgIpc) is 2.90. The third kappa shape index (κ3) is 6.11. The summed E-state index contributed by atoms with van der Waals surface area (Å²) in [5, 5.41) is 0.828. The van der Waals surface area contributed by atoms with Gasteiger partial charge in [0.2, 0.25) is 0 Å². The van der Waals surface area contributed by atoms with Crippen LogP contribution in [0.1, 0.15) is 64.7 Å². The minimum Gasteiger partial charge on any atom is -0.377 e. The smallest absolute Gasteiger partial charge is 0.166 e. The molecule has 1 aromatic rings. The molecule has 1 aliphatic carbocycles. The number of benzene rings is 1. The molecular formula is C30H50O2Si2. The zero-order valence-electron chi connectivity index (χ0n) is 22.9. The van der Waals surface area contributed by atoms with Gasteiger partial charge in [0.1, 0.15) is 0 Å². The number of ketones is 1. The van der Waals surface area contributed by atoms with Gasteiger partial charge in [0.05, 0.1) is 29.4 Å². The fourth-order valence-electron chi connectivity index (χ4n) is 7.01. The van der Waals surface area contributed by atoms with E-state index in [2.05, 4.69) is 54.2 Å². The van der Waals surface area contributed by atoms with Gasteiger partial charge in [-0.2, -0.15) is 0 Å². The van der Waals surface area contributed by atoms with Gasteiger partial charge in [-0.1, -0.05) is 126 Å².